The zero-order valence-electron chi connectivity index (χ0n) is 10.9. The second-order valence-electron chi connectivity index (χ2n) is 3.91. The monoisotopic (exact) mass is 300 g/mol. The molecule has 0 saturated carbocycles. The topological polar surface area (TPSA) is 135 Å². The van der Waals surface area contributed by atoms with E-state index in [0.717, 1.165) is 0 Å². The quantitative estimate of drug-likeness (QED) is 0.276. The van der Waals surface area contributed by atoms with E-state index in [2.05, 4.69) is 15.5 Å². The van der Waals surface area contributed by atoms with Gasteiger partial charge in [-0.25, -0.2) is 8.42 Å². The lowest BCUT2D eigenvalue weighted by molar-refractivity contribution is 0.0951. The standard InChI is InChI=1S/C11H16N4O4S/c1-2-20(18,19)6-5-13-11(16)9-4-3-8(7-14-9)10(12)15-17/h3-4,7,17H,2,5-6H2,1H3,(H2,12,15)(H,13,16). The summed E-state index contributed by atoms with van der Waals surface area (Å²) in [6, 6.07) is 2.87. The number of oxime groups is 1. The van der Waals surface area contributed by atoms with Crippen molar-refractivity contribution in [2.75, 3.05) is 18.1 Å². The summed E-state index contributed by atoms with van der Waals surface area (Å²) >= 11 is 0. The van der Waals surface area contributed by atoms with Gasteiger partial charge in [-0.05, 0) is 12.1 Å². The number of nitrogens with two attached hydrogens (primary N) is 1. The molecule has 4 N–H and O–H groups in total. The van der Waals surface area contributed by atoms with E-state index in [1.165, 1.54) is 18.3 Å². The van der Waals surface area contributed by atoms with Crippen molar-refractivity contribution in [3.05, 3.63) is 29.6 Å². The summed E-state index contributed by atoms with van der Waals surface area (Å²) in [7, 11) is -3.11. The van der Waals surface area contributed by atoms with E-state index in [1.54, 1.807) is 6.92 Å². The van der Waals surface area contributed by atoms with Crippen molar-refractivity contribution in [3.8, 4) is 0 Å². The Hall–Kier alpha value is -2.16. The van der Waals surface area contributed by atoms with Gasteiger partial charge in [0.25, 0.3) is 5.91 Å². The third-order valence-electron chi connectivity index (χ3n) is 2.54. The molecule has 0 spiro atoms. The molecule has 0 atom stereocenters. The molecule has 0 bridgehead atoms. The molecule has 9 heteroatoms. The number of hydrogen-bond donors (Lipinski definition) is 3. The average molecular weight is 300 g/mol. The first-order valence-corrected chi connectivity index (χ1v) is 7.64. The van der Waals surface area contributed by atoms with Crippen LogP contribution in [-0.4, -0.2) is 48.4 Å². The Labute approximate surface area is 116 Å². The van der Waals surface area contributed by atoms with E-state index in [-0.39, 0.29) is 29.6 Å². The third kappa shape index (κ3) is 4.50. The van der Waals surface area contributed by atoms with Crippen LogP contribution in [0.3, 0.4) is 0 Å². The molecule has 0 aliphatic rings. The summed E-state index contributed by atoms with van der Waals surface area (Å²) < 4.78 is 22.5. The second-order valence-corrected chi connectivity index (χ2v) is 6.38. The van der Waals surface area contributed by atoms with Gasteiger partial charge in [0.05, 0.1) is 5.75 Å². The van der Waals surface area contributed by atoms with Crippen LogP contribution in [0.5, 0.6) is 0 Å². The Kier molecular flexibility index (Phi) is 5.44. The van der Waals surface area contributed by atoms with Gasteiger partial charge in [0, 0.05) is 24.1 Å². The van der Waals surface area contributed by atoms with Crippen molar-refractivity contribution in [1.29, 1.82) is 0 Å². The number of nitrogens with zero attached hydrogens (tertiary/aromatic N) is 2. The van der Waals surface area contributed by atoms with Crippen LogP contribution >= 0.6 is 0 Å². The summed E-state index contributed by atoms with van der Waals surface area (Å²) in [6.45, 7) is 1.57. The van der Waals surface area contributed by atoms with Gasteiger partial charge in [-0.1, -0.05) is 12.1 Å². The van der Waals surface area contributed by atoms with Gasteiger partial charge < -0.3 is 16.3 Å². The molecular weight excluding hydrogens is 284 g/mol. The van der Waals surface area contributed by atoms with Gasteiger partial charge in [-0.2, -0.15) is 0 Å². The SMILES string of the molecule is CCS(=O)(=O)CCNC(=O)c1ccc(/C(N)=N/O)cn1. The van der Waals surface area contributed by atoms with Crippen molar-refractivity contribution >= 4 is 21.6 Å². The first-order valence-electron chi connectivity index (χ1n) is 5.82. The van der Waals surface area contributed by atoms with Gasteiger partial charge in [0.1, 0.15) is 5.69 Å². The molecule has 1 rings (SSSR count). The average Bonchev–Trinajstić information content (AvgIpc) is 2.46. The summed E-state index contributed by atoms with van der Waals surface area (Å²) in [6.07, 6.45) is 1.28. The van der Waals surface area contributed by atoms with E-state index in [0.29, 0.717) is 5.56 Å². The molecule has 0 aliphatic carbocycles. The highest BCUT2D eigenvalue weighted by atomic mass is 32.2. The maximum Gasteiger partial charge on any atom is 0.269 e. The molecule has 0 unspecified atom stereocenters. The number of carbonyl (C=O) groups excluding carboxylic acids is 1. The number of sulfone groups is 1. The molecule has 0 radical (unpaired) electrons. The number of nitrogens with one attached hydrogen (secondary N) is 1. The molecule has 1 amide bonds. The molecule has 0 saturated heterocycles. The number of amidine groups is 1. The third-order valence-corrected chi connectivity index (χ3v) is 4.24. The Morgan fingerprint density at radius 1 is 1.50 bits per heavy atom. The van der Waals surface area contributed by atoms with Crippen LogP contribution < -0.4 is 11.1 Å². The number of aromatic nitrogens is 1. The molecular formula is C11H16N4O4S. The molecule has 20 heavy (non-hydrogen) atoms. The summed E-state index contributed by atoms with van der Waals surface area (Å²) in [4.78, 5) is 15.5. The Bertz CT molecular complexity index is 595. The lowest BCUT2D eigenvalue weighted by Crippen LogP contribution is -2.30. The number of rotatable bonds is 6. The largest absolute Gasteiger partial charge is 0.409 e. The zero-order chi connectivity index (χ0) is 15.2. The van der Waals surface area contributed by atoms with Crippen LogP contribution in [0.2, 0.25) is 0 Å². The van der Waals surface area contributed by atoms with Crippen molar-refractivity contribution in [2.45, 2.75) is 6.92 Å². The van der Waals surface area contributed by atoms with E-state index in [1.807, 2.05) is 0 Å². The van der Waals surface area contributed by atoms with Crippen molar-refractivity contribution in [1.82, 2.24) is 10.3 Å². The Morgan fingerprint density at radius 2 is 2.20 bits per heavy atom. The number of amides is 1. The normalized spacial score (nSPS) is 12.2. The lowest BCUT2D eigenvalue weighted by atomic mass is 10.2. The molecule has 1 heterocycles. The summed E-state index contributed by atoms with van der Waals surface area (Å²) in [5, 5.41) is 13.7. The summed E-state index contributed by atoms with van der Waals surface area (Å²) in [5.74, 6) is -0.673. The first kappa shape index (κ1) is 15.9. The predicted octanol–water partition coefficient (Wildman–Crippen LogP) is -0.659. The molecule has 1 aromatic rings. The Morgan fingerprint density at radius 3 is 2.70 bits per heavy atom. The van der Waals surface area contributed by atoms with Crippen LogP contribution in [0.15, 0.2) is 23.5 Å². The summed E-state index contributed by atoms with van der Waals surface area (Å²) in [5.41, 5.74) is 5.85. The lowest BCUT2D eigenvalue weighted by Gasteiger charge is -2.05. The highest BCUT2D eigenvalue weighted by molar-refractivity contribution is 7.91. The van der Waals surface area contributed by atoms with E-state index in [9.17, 15) is 13.2 Å². The second kappa shape index (κ2) is 6.85. The fourth-order valence-electron chi connectivity index (χ4n) is 1.29. The maximum absolute atomic E-state index is 11.7. The van der Waals surface area contributed by atoms with Crippen LogP contribution in [0.1, 0.15) is 23.0 Å². The minimum atomic E-state index is -3.11. The van der Waals surface area contributed by atoms with Gasteiger partial charge in [0.15, 0.2) is 15.7 Å². The van der Waals surface area contributed by atoms with E-state index < -0.39 is 15.7 Å². The van der Waals surface area contributed by atoms with Gasteiger partial charge in [-0.3, -0.25) is 9.78 Å². The van der Waals surface area contributed by atoms with Crippen molar-refractivity contribution < 1.29 is 18.4 Å². The van der Waals surface area contributed by atoms with Crippen molar-refractivity contribution in [2.24, 2.45) is 10.9 Å². The number of hydrogen-bond acceptors (Lipinski definition) is 6. The van der Waals surface area contributed by atoms with Crippen LogP contribution in [0.25, 0.3) is 0 Å². The first-order chi connectivity index (χ1) is 9.39. The van der Waals surface area contributed by atoms with E-state index in [4.69, 9.17) is 10.9 Å². The number of pyridine rings is 1. The Balaban J connectivity index is 2.61. The zero-order valence-corrected chi connectivity index (χ0v) is 11.7. The highest BCUT2D eigenvalue weighted by Crippen LogP contribution is 2.00. The molecule has 0 aliphatic heterocycles. The highest BCUT2D eigenvalue weighted by Gasteiger charge is 2.11. The van der Waals surface area contributed by atoms with Crippen molar-refractivity contribution in [3.63, 3.8) is 0 Å². The molecule has 0 aromatic carbocycles. The fourth-order valence-corrected chi connectivity index (χ4v) is 1.99. The van der Waals surface area contributed by atoms with Gasteiger partial charge in [0.2, 0.25) is 0 Å². The minimum Gasteiger partial charge on any atom is -0.409 e. The minimum absolute atomic E-state index is 0.0265. The van der Waals surface area contributed by atoms with Crippen LogP contribution in [-0.2, 0) is 9.84 Å². The molecule has 0 fully saturated rings. The molecule has 1 aromatic heterocycles. The fraction of sp³-hybridized carbons (Fsp3) is 0.364. The maximum atomic E-state index is 11.7. The smallest absolute Gasteiger partial charge is 0.269 e. The molecule has 110 valence electrons. The number of carbonyl (C=O) groups is 1. The van der Waals surface area contributed by atoms with Gasteiger partial charge >= 0.3 is 0 Å². The van der Waals surface area contributed by atoms with Gasteiger partial charge in [-0.15, -0.1) is 0 Å². The van der Waals surface area contributed by atoms with Crippen LogP contribution in [0, 0.1) is 0 Å². The predicted molar refractivity (Wildman–Crippen MR) is 73.4 cm³/mol. The van der Waals surface area contributed by atoms with E-state index >= 15 is 0 Å². The van der Waals surface area contributed by atoms with Crippen LogP contribution in [0.4, 0.5) is 0 Å². The molecule has 8 nitrogen and oxygen atoms in total.